The first-order valence-corrected chi connectivity index (χ1v) is 4.11. The van der Waals surface area contributed by atoms with E-state index in [-0.39, 0.29) is 6.61 Å². The maximum Gasteiger partial charge on any atom is 0.113 e. The Balaban J connectivity index is 2.93. The van der Waals surface area contributed by atoms with Gasteiger partial charge in [0.05, 0.1) is 24.5 Å². The van der Waals surface area contributed by atoms with Gasteiger partial charge in [0.25, 0.3) is 0 Å². The number of nitrogens with zero attached hydrogens (tertiary/aromatic N) is 2. The van der Waals surface area contributed by atoms with Crippen molar-refractivity contribution in [3.8, 4) is 0 Å². The van der Waals surface area contributed by atoms with E-state index in [2.05, 4.69) is 5.10 Å². The third kappa shape index (κ3) is 1.88. The molecule has 5 nitrogen and oxygen atoms in total. The van der Waals surface area contributed by atoms with Crippen molar-refractivity contribution >= 4 is 0 Å². The van der Waals surface area contributed by atoms with E-state index < -0.39 is 12.1 Å². The van der Waals surface area contributed by atoms with Crippen molar-refractivity contribution in [3.05, 3.63) is 17.5 Å². The van der Waals surface area contributed by atoms with Crippen molar-refractivity contribution in [3.63, 3.8) is 0 Å². The molecular weight excluding hydrogens is 170 g/mol. The summed E-state index contributed by atoms with van der Waals surface area (Å²) >= 11 is 0. The molecule has 1 heterocycles. The highest BCUT2D eigenvalue weighted by atomic mass is 16.3. The van der Waals surface area contributed by atoms with Crippen LogP contribution < -0.4 is 5.73 Å². The van der Waals surface area contributed by atoms with Crippen LogP contribution in [0.5, 0.6) is 0 Å². The molecule has 1 aromatic heterocycles. The zero-order valence-electron chi connectivity index (χ0n) is 7.81. The molecule has 0 aliphatic heterocycles. The number of hydrogen-bond donors (Lipinski definition) is 3. The van der Waals surface area contributed by atoms with Gasteiger partial charge < -0.3 is 15.9 Å². The molecule has 13 heavy (non-hydrogen) atoms. The van der Waals surface area contributed by atoms with Gasteiger partial charge in [-0.2, -0.15) is 5.10 Å². The molecule has 0 fully saturated rings. The number of nitrogens with two attached hydrogens (primary N) is 1. The van der Waals surface area contributed by atoms with Crippen LogP contribution in [0, 0.1) is 6.92 Å². The molecular formula is C8H15N3O2. The first-order chi connectivity index (χ1) is 6.07. The molecule has 4 N–H and O–H groups in total. The Labute approximate surface area is 76.8 Å². The van der Waals surface area contributed by atoms with Crippen LogP contribution in [0.4, 0.5) is 0 Å². The number of aliphatic hydroxyl groups is 2. The summed E-state index contributed by atoms with van der Waals surface area (Å²) in [7, 11) is 1.73. The van der Waals surface area contributed by atoms with E-state index in [4.69, 9.17) is 10.8 Å². The van der Waals surface area contributed by atoms with Crippen molar-refractivity contribution in [2.24, 2.45) is 12.8 Å². The van der Waals surface area contributed by atoms with Crippen LogP contribution in [0.2, 0.25) is 0 Å². The van der Waals surface area contributed by atoms with Crippen LogP contribution in [0.3, 0.4) is 0 Å². The molecule has 0 spiro atoms. The molecule has 2 atom stereocenters. The van der Waals surface area contributed by atoms with Gasteiger partial charge in [-0.15, -0.1) is 0 Å². The van der Waals surface area contributed by atoms with E-state index in [1.165, 1.54) is 0 Å². The van der Waals surface area contributed by atoms with E-state index >= 15 is 0 Å². The van der Waals surface area contributed by atoms with Gasteiger partial charge in [0.1, 0.15) is 6.10 Å². The Kier molecular flexibility index (Phi) is 3.02. The smallest absolute Gasteiger partial charge is 0.113 e. The number of rotatable bonds is 3. The summed E-state index contributed by atoms with van der Waals surface area (Å²) < 4.78 is 1.56. The molecule has 0 aliphatic carbocycles. The predicted octanol–water partition coefficient (Wildman–Crippen LogP) is -0.918. The summed E-state index contributed by atoms with van der Waals surface area (Å²) in [5.74, 6) is 0. The van der Waals surface area contributed by atoms with Gasteiger partial charge in [-0.1, -0.05) is 0 Å². The standard InChI is InChI=1S/C8H15N3O2/c1-5-3-10-11(2)7(5)8(13)6(9)4-12/h3,6,8,12-13H,4,9H2,1-2H3. The highest BCUT2D eigenvalue weighted by Gasteiger charge is 2.21. The molecule has 0 radical (unpaired) electrons. The van der Waals surface area contributed by atoms with Crippen molar-refractivity contribution in [1.82, 2.24) is 9.78 Å². The van der Waals surface area contributed by atoms with E-state index in [9.17, 15) is 5.11 Å². The number of aliphatic hydroxyl groups excluding tert-OH is 2. The first kappa shape index (κ1) is 10.2. The van der Waals surface area contributed by atoms with E-state index in [1.54, 1.807) is 17.9 Å². The molecule has 2 unspecified atom stereocenters. The topological polar surface area (TPSA) is 84.3 Å². The van der Waals surface area contributed by atoms with E-state index in [0.717, 1.165) is 5.56 Å². The van der Waals surface area contributed by atoms with Crippen molar-refractivity contribution in [2.45, 2.75) is 19.1 Å². The molecule has 0 saturated heterocycles. The van der Waals surface area contributed by atoms with Gasteiger partial charge in [-0.25, -0.2) is 0 Å². The Bertz CT molecular complexity index is 265. The fourth-order valence-corrected chi connectivity index (χ4v) is 1.28. The van der Waals surface area contributed by atoms with E-state index in [0.29, 0.717) is 5.69 Å². The summed E-state index contributed by atoms with van der Waals surface area (Å²) in [6.07, 6.45) is 0.792. The maximum atomic E-state index is 9.69. The SMILES string of the molecule is Cc1cnn(C)c1C(O)C(N)CO. The molecule has 0 aliphatic rings. The zero-order chi connectivity index (χ0) is 10.0. The molecule has 1 aromatic rings. The summed E-state index contributed by atoms with van der Waals surface area (Å²) in [6.45, 7) is 1.60. The second-order valence-corrected chi connectivity index (χ2v) is 3.13. The molecule has 0 saturated carbocycles. The Morgan fingerprint density at radius 3 is 2.69 bits per heavy atom. The number of aromatic nitrogens is 2. The average molecular weight is 185 g/mol. The number of aryl methyl sites for hydroxylation is 2. The molecule has 1 rings (SSSR count). The minimum absolute atomic E-state index is 0.244. The first-order valence-electron chi connectivity index (χ1n) is 4.11. The average Bonchev–Trinajstić information content (AvgIpc) is 2.44. The summed E-state index contributed by atoms with van der Waals surface area (Å²) in [5, 5.41) is 22.4. The minimum atomic E-state index is -0.863. The molecule has 5 heteroatoms. The molecule has 74 valence electrons. The third-order valence-electron chi connectivity index (χ3n) is 2.07. The van der Waals surface area contributed by atoms with Crippen LogP contribution in [-0.2, 0) is 7.05 Å². The second kappa shape index (κ2) is 3.87. The highest BCUT2D eigenvalue weighted by molar-refractivity contribution is 5.19. The van der Waals surface area contributed by atoms with Gasteiger partial charge in [-0.05, 0) is 12.5 Å². The molecule has 0 amide bonds. The quantitative estimate of drug-likeness (QED) is 0.568. The fourth-order valence-electron chi connectivity index (χ4n) is 1.28. The van der Waals surface area contributed by atoms with Gasteiger partial charge in [0, 0.05) is 7.05 Å². The monoisotopic (exact) mass is 185 g/mol. The lowest BCUT2D eigenvalue weighted by Gasteiger charge is -2.17. The van der Waals surface area contributed by atoms with Gasteiger partial charge in [0.2, 0.25) is 0 Å². The fraction of sp³-hybridized carbons (Fsp3) is 0.625. The van der Waals surface area contributed by atoms with Crippen molar-refractivity contribution < 1.29 is 10.2 Å². The molecule has 0 aromatic carbocycles. The maximum absolute atomic E-state index is 9.69. The summed E-state index contributed by atoms with van der Waals surface area (Å²) in [6, 6.07) is -0.658. The largest absolute Gasteiger partial charge is 0.395 e. The van der Waals surface area contributed by atoms with Crippen LogP contribution >= 0.6 is 0 Å². The lowest BCUT2D eigenvalue weighted by Crippen LogP contribution is -2.33. The van der Waals surface area contributed by atoms with Crippen LogP contribution in [-0.4, -0.2) is 32.6 Å². The number of hydrogen-bond acceptors (Lipinski definition) is 4. The van der Waals surface area contributed by atoms with Crippen LogP contribution in [0.25, 0.3) is 0 Å². The molecule has 0 bridgehead atoms. The normalized spacial score (nSPS) is 15.8. The van der Waals surface area contributed by atoms with Gasteiger partial charge in [0.15, 0.2) is 0 Å². The lowest BCUT2D eigenvalue weighted by molar-refractivity contribution is 0.102. The third-order valence-corrected chi connectivity index (χ3v) is 2.07. The Hall–Kier alpha value is -0.910. The summed E-state index contributed by atoms with van der Waals surface area (Å²) in [4.78, 5) is 0. The highest BCUT2D eigenvalue weighted by Crippen LogP contribution is 2.18. The van der Waals surface area contributed by atoms with Crippen LogP contribution in [0.1, 0.15) is 17.4 Å². The van der Waals surface area contributed by atoms with E-state index in [1.807, 2.05) is 6.92 Å². The predicted molar refractivity (Wildman–Crippen MR) is 48.0 cm³/mol. The van der Waals surface area contributed by atoms with Gasteiger partial charge >= 0.3 is 0 Å². The second-order valence-electron chi connectivity index (χ2n) is 3.13. The van der Waals surface area contributed by atoms with Crippen molar-refractivity contribution in [1.29, 1.82) is 0 Å². The van der Waals surface area contributed by atoms with Crippen molar-refractivity contribution in [2.75, 3.05) is 6.61 Å². The van der Waals surface area contributed by atoms with Crippen LogP contribution in [0.15, 0.2) is 6.20 Å². The Morgan fingerprint density at radius 2 is 2.31 bits per heavy atom. The minimum Gasteiger partial charge on any atom is -0.395 e. The lowest BCUT2D eigenvalue weighted by atomic mass is 10.1. The zero-order valence-corrected chi connectivity index (χ0v) is 7.81. The van der Waals surface area contributed by atoms with Gasteiger partial charge in [-0.3, -0.25) is 4.68 Å². The Morgan fingerprint density at radius 1 is 1.69 bits per heavy atom. The summed E-state index contributed by atoms with van der Waals surface area (Å²) in [5.41, 5.74) is 7.03.